The molecule has 1 aromatic rings. The molecule has 1 amide bonds. The maximum atomic E-state index is 11.0. The zero-order chi connectivity index (χ0) is 13.1. The summed E-state index contributed by atoms with van der Waals surface area (Å²) in [6.07, 6.45) is 2.16. The van der Waals surface area contributed by atoms with Crippen molar-refractivity contribution in [2.24, 2.45) is 0 Å². The standard InChI is InChI=1S/C13H19N3O2/c1-9(17)11-3-5-14-13(7-11)16-6-4-12(8-16)15-10(2)18/h3,5,7,9,12,17H,4,6,8H2,1-2H3,(H,15,18)/t9-,12?/m1/s1. The highest BCUT2D eigenvalue weighted by molar-refractivity contribution is 5.73. The lowest BCUT2D eigenvalue weighted by Gasteiger charge is -2.18. The molecule has 0 aromatic carbocycles. The van der Waals surface area contributed by atoms with Crippen molar-refractivity contribution in [3.63, 3.8) is 0 Å². The Morgan fingerprint density at radius 2 is 2.44 bits per heavy atom. The van der Waals surface area contributed by atoms with Crippen LogP contribution in [0.4, 0.5) is 5.82 Å². The van der Waals surface area contributed by atoms with E-state index in [2.05, 4.69) is 15.2 Å². The summed E-state index contributed by atoms with van der Waals surface area (Å²) < 4.78 is 0. The van der Waals surface area contributed by atoms with Gasteiger partial charge in [0.1, 0.15) is 5.82 Å². The number of aliphatic hydroxyl groups is 1. The molecular formula is C13H19N3O2. The van der Waals surface area contributed by atoms with Gasteiger partial charge in [-0.25, -0.2) is 4.98 Å². The van der Waals surface area contributed by atoms with E-state index in [1.165, 1.54) is 6.92 Å². The van der Waals surface area contributed by atoms with Crippen LogP contribution in [0.15, 0.2) is 18.3 Å². The Hall–Kier alpha value is -1.62. The summed E-state index contributed by atoms with van der Waals surface area (Å²) in [5.74, 6) is 0.869. The average molecular weight is 249 g/mol. The van der Waals surface area contributed by atoms with Gasteiger partial charge in [0.2, 0.25) is 5.91 Å². The van der Waals surface area contributed by atoms with Crippen LogP contribution in [0.3, 0.4) is 0 Å². The third-order valence-corrected chi connectivity index (χ3v) is 3.17. The minimum Gasteiger partial charge on any atom is -0.389 e. The van der Waals surface area contributed by atoms with Crippen molar-refractivity contribution in [1.82, 2.24) is 10.3 Å². The maximum absolute atomic E-state index is 11.0. The van der Waals surface area contributed by atoms with Gasteiger partial charge in [-0.3, -0.25) is 4.79 Å². The first kappa shape index (κ1) is 12.8. The quantitative estimate of drug-likeness (QED) is 0.833. The molecule has 0 bridgehead atoms. The van der Waals surface area contributed by atoms with Gasteiger partial charge >= 0.3 is 0 Å². The minimum absolute atomic E-state index is 0.00698. The molecule has 1 saturated heterocycles. The number of pyridine rings is 1. The normalized spacial score (nSPS) is 20.8. The summed E-state index contributed by atoms with van der Waals surface area (Å²) >= 11 is 0. The molecule has 0 aliphatic carbocycles. The Kier molecular flexibility index (Phi) is 3.81. The highest BCUT2D eigenvalue weighted by atomic mass is 16.3. The molecule has 2 heterocycles. The van der Waals surface area contributed by atoms with E-state index >= 15 is 0 Å². The van der Waals surface area contributed by atoms with Crippen molar-refractivity contribution in [2.45, 2.75) is 32.4 Å². The van der Waals surface area contributed by atoms with Gasteiger partial charge in [0.05, 0.1) is 6.10 Å². The molecule has 1 aliphatic heterocycles. The Balaban J connectivity index is 2.05. The Bertz CT molecular complexity index is 434. The SMILES string of the molecule is CC(=O)NC1CCN(c2cc([C@@H](C)O)ccn2)C1. The smallest absolute Gasteiger partial charge is 0.217 e. The van der Waals surface area contributed by atoms with E-state index in [0.29, 0.717) is 0 Å². The molecule has 1 aliphatic rings. The highest BCUT2D eigenvalue weighted by Gasteiger charge is 2.24. The molecule has 2 atom stereocenters. The molecule has 1 aromatic heterocycles. The predicted molar refractivity (Wildman–Crippen MR) is 69.3 cm³/mol. The number of rotatable bonds is 3. The molecule has 1 unspecified atom stereocenters. The second-order valence-corrected chi connectivity index (χ2v) is 4.76. The number of amides is 1. The fourth-order valence-electron chi connectivity index (χ4n) is 2.24. The van der Waals surface area contributed by atoms with Crippen LogP contribution in [-0.2, 0) is 4.79 Å². The van der Waals surface area contributed by atoms with E-state index in [-0.39, 0.29) is 11.9 Å². The van der Waals surface area contributed by atoms with Gasteiger partial charge < -0.3 is 15.3 Å². The number of aromatic nitrogens is 1. The summed E-state index contributed by atoms with van der Waals surface area (Å²) in [5, 5.41) is 12.5. The zero-order valence-electron chi connectivity index (χ0n) is 10.8. The molecule has 0 radical (unpaired) electrons. The minimum atomic E-state index is -0.486. The zero-order valence-corrected chi connectivity index (χ0v) is 10.8. The first-order valence-corrected chi connectivity index (χ1v) is 6.22. The first-order chi connectivity index (χ1) is 8.56. The van der Waals surface area contributed by atoms with Crippen molar-refractivity contribution in [2.75, 3.05) is 18.0 Å². The molecule has 2 N–H and O–H groups in total. The molecule has 0 saturated carbocycles. The summed E-state index contributed by atoms with van der Waals surface area (Å²) in [5.41, 5.74) is 0.864. The van der Waals surface area contributed by atoms with Crippen molar-refractivity contribution < 1.29 is 9.90 Å². The number of carbonyl (C=O) groups excluding carboxylic acids is 1. The Morgan fingerprint density at radius 1 is 1.67 bits per heavy atom. The van der Waals surface area contributed by atoms with Crippen molar-refractivity contribution in [3.05, 3.63) is 23.9 Å². The number of hydrogen-bond donors (Lipinski definition) is 2. The van der Waals surface area contributed by atoms with E-state index in [1.807, 2.05) is 12.1 Å². The number of nitrogens with one attached hydrogen (secondary N) is 1. The second-order valence-electron chi connectivity index (χ2n) is 4.76. The van der Waals surface area contributed by atoms with Crippen molar-refractivity contribution >= 4 is 11.7 Å². The van der Waals surface area contributed by atoms with Crippen LogP contribution in [0, 0.1) is 0 Å². The van der Waals surface area contributed by atoms with Gasteiger partial charge in [0.15, 0.2) is 0 Å². The van der Waals surface area contributed by atoms with Gasteiger partial charge in [-0.1, -0.05) is 0 Å². The van der Waals surface area contributed by atoms with Crippen LogP contribution < -0.4 is 10.2 Å². The Morgan fingerprint density at radius 3 is 3.11 bits per heavy atom. The third kappa shape index (κ3) is 2.98. The van der Waals surface area contributed by atoms with Gasteiger partial charge in [0.25, 0.3) is 0 Å². The fourth-order valence-corrected chi connectivity index (χ4v) is 2.24. The number of hydrogen-bond acceptors (Lipinski definition) is 4. The van der Waals surface area contributed by atoms with Crippen molar-refractivity contribution in [1.29, 1.82) is 0 Å². The van der Waals surface area contributed by atoms with Crippen LogP contribution in [0.1, 0.15) is 31.9 Å². The Labute approximate surface area is 107 Å². The predicted octanol–water partition coefficient (Wildman–Crippen LogP) is 0.850. The topological polar surface area (TPSA) is 65.5 Å². The molecule has 5 heteroatoms. The lowest BCUT2D eigenvalue weighted by atomic mass is 10.2. The molecule has 2 rings (SSSR count). The largest absolute Gasteiger partial charge is 0.389 e. The molecule has 1 fully saturated rings. The number of carbonyl (C=O) groups is 1. The summed E-state index contributed by atoms with van der Waals surface area (Å²) in [7, 11) is 0. The van der Waals surface area contributed by atoms with Crippen LogP contribution in [0.2, 0.25) is 0 Å². The van der Waals surface area contributed by atoms with E-state index in [4.69, 9.17) is 0 Å². The third-order valence-electron chi connectivity index (χ3n) is 3.17. The molecule has 98 valence electrons. The first-order valence-electron chi connectivity index (χ1n) is 6.22. The van der Waals surface area contributed by atoms with E-state index in [0.717, 1.165) is 30.9 Å². The van der Waals surface area contributed by atoms with Gasteiger partial charge in [-0.05, 0) is 31.0 Å². The maximum Gasteiger partial charge on any atom is 0.217 e. The monoisotopic (exact) mass is 249 g/mol. The van der Waals surface area contributed by atoms with Crippen LogP contribution >= 0.6 is 0 Å². The summed E-state index contributed by atoms with van der Waals surface area (Å²) in [6, 6.07) is 3.91. The number of anilines is 1. The van der Waals surface area contributed by atoms with Gasteiger partial charge in [0, 0.05) is 32.3 Å². The summed E-state index contributed by atoms with van der Waals surface area (Å²) in [6.45, 7) is 4.93. The second kappa shape index (κ2) is 5.35. The molecule has 0 spiro atoms. The lowest BCUT2D eigenvalue weighted by Crippen LogP contribution is -2.35. The molecule has 5 nitrogen and oxygen atoms in total. The molecular weight excluding hydrogens is 230 g/mol. The summed E-state index contributed by atoms with van der Waals surface area (Å²) in [4.78, 5) is 17.5. The van der Waals surface area contributed by atoms with Gasteiger partial charge in [-0.2, -0.15) is 0 Å². The molecule has 18 heavy (non-hydrogen) atoms. The van der Waals surface area contributed by atoms with Crippen molar-refractivity contribution in [3.8, 4) is 0 Å². The number of aliphatic hydroxyl groups excluding tert-OH is 1. The average Bonchev–Trinajstić information content (AvgIpc) is 2.77. The fraction of sp³-hybridized carbons (Fsp3) is 0.538. The van der Waals surface area contributed by atoms with E-state index in [1.54, 1.807) is 13.1 Å². The van der Waals surface area contributed by atoms with Crippen LogP contribution in [-0.4, -0.2) is 35.1 Å². The van der Waals surface area contributed by atoms with E-state index < -0.39 is 6.10 Å². The van der Waals surface area contributed by atoms with Gasteiger partial charge in [-0.15, -0.1) is 0 Å². The highest BCUT2D eigenvalue weighted by Crippen LogP contribution is 2.21. The number of nitrogens with zero attached hydrogens (tertiary/aromatic N) is 2. The van der Waals surface area contributed by atoms with E-state index in [9.17, 15) is 9.90 Å². The van der Waals surface area contributed by atoms with Crippen LogP contribution in [0.5, 0.6) is 0 Å². The van der Waals surface area contributed by atoms with Crippen LogP contribution in [0.25, 0.3) is 0 Å². The lowest BCUT2D eigenvalue weighted by molar-refractivity contribution is -0.119.